The van der Waals surface area contributed by atoms with E-state index in [1.807, 2.05) is 122 Å². The van der Waals surface area contributed by atoms with Crippen LogP contribution in [-0.4, -0.2) is 51.9 Å². The normalized spacial score (nSPS) is 17.0. The number of rotatable bonds is 6. The number of amides is 6. The lowest BCUT2D eigenvalue weighted by Crippen LogP contribution is -2.56. The fourth-order valence-electron chi connectivity index (χ4n) is 7.57. The summed E-state index contributed by atoms with van der Waals surface area (Å²) in [5.41, 5.74) is 21.1. The van der Waals surface area contributed by atoms with Crippen LogP contribution in [0, 0.1) is 6.92 Å². The molecule has 10 rings (SSSR count). The number of aromatic nitrogens is 2. The molecule has 6 amide bonds. The Morgan fingerprint density at radius 3 is 2.16 bits per heavy atom. The number of ether oxygens (including phenoxy) is 1. The first-order valence-electron chi connectivity index (χ1n) is 19.8. The number of carbonyl (C=O) groups is 3. The number of aliphatic hydroxyl groups is 1. The van der Waals surface area contributed by atoms with Gasteiger partial charge in [-0.1, -0.05) is 78.9 Å². The van der Waals surface area contributed by atoms with Gasteiger partial charge >= 0.3 is 18.1 Å². The lowest BCUT2D eigenvalue weighted by Gasteiger charge is -2.44. The SMILES string of the molecule is COCN1C(=O)Nc2ccc(-c3ccccc3)cc2C1(O)c1ccccc1.Cc1sc(N)nc1-c1ccc2c(c1)C(C)NC(=O)N2.Nc1nc(-c2ccc3c(c2)CNC(=O)N3)cs1. The lowest BCUT2D eigenvalue weighted by atomic mass is 9.88. The predicted molar refractivity (Wildman–Crippen MR) is 249 cm³/mol. The van der Waals surface area contributed by atoms with Gasteiger partial charge < -0.3 is 47.9 Å². The Labute approximate surface area is 371 Å². The van der Waals surface area contributed by atoms with Crippen molar-refractivity contribution in [3.63, 3.8) is 0 Å². The Kier molecular flexibility index (Phi) is 12.1. The number of hydrogen-bond donors (Lipinski definition) is 8. The van der Waals surface area contributed by atoms with E-state index in [9.17, 15) is 19.5 Å². The number of carbonyl (C=O) groups excluding carboxylic acids is 3. The van der Waals surface area contributed by atoms with E-state index < -0.39 is 11.8 Å². The highest BCUT2D eigenvalue weighted by molar-refractivity contribution is 7.15. The molecule has 3 aliphatic rings. The van der Waals surface area contributed by atoms with Gasteiger partial charge in [-0.05, 0) is 72.5 Å². The summed E-state index contributed by atoms with van der Waals surface area (Å²) in [4.78, 5) is 46.2. The number of nitrogens with two attached hydrogens (primary N) is 2. The number of benzene rings is 5. The van der Waals surface area contributed by atoms with E-state index in [1.165, 1.54) is 34.7 Å². The van der Waals surface area contributed by atoms with Gasteiger partial charge in [0.1, 0.15) is 6.73 Å². The molecule has 17 heteroatoms. The third-order valence-electron chi connectivity index (χ3n) is 10.6. The number of methoxy groups -OCH3 is 1. The molecule has 320 valence electrons. The van der Waals surface area contributed by atoms with Gasteiger partial charge in [0.2, 0.25) is 0 Å². The zero-order valence-electron chi connectivity index (χ0n) is 34.4. The average molecular weight is 881 g/mol. The molecule has 0 spiro atoms. The summed E-state index contributed by atoms with van der Waals surface area (Å²) < 4.78 is 5.20. The van der Waals surface area contributed by atoms with Gasteiger partial charge in [0.05, 0.1) is 23.1 Å². The number of thiazole rings is 2. The summed E-state index contributed by atoms with van der Waals surface area (Å²) in [7, 11) is 1.49. The first-order chi connectivity index (χ1) is 30.4. The minimum absolute atomic E-state index is 0.0139. The highest BCUT2D eigenvalue weighted by Gasteiger charge is 2.46. The van der Waals surface area contributed by atoms with E-state index in [-0.39, 0.29) is 24.8 Å². The third-order valence-corrected chi connectivity index (χ3v) is 12.1. The number of anilines is 5. The zero-order chi connectivity index (χ0) is 44.3. The van der Waals surface area contributed by atoms with E-state index in [2.05, 4.69) is 36.6 Å². The Bertz CT molecular complexity index is 2820. The van der Waals surface area contributed by atoms with Crippen LogP contribution < -0.4 is 38.1 Å². The smallest absolute Gasteiger partial charge is 0.326 e. The molecular weight excluding hydrogens is 837 g/mol. The Balaban J connectivity index is 0.000000134. The van der Waals surface area contributed by atoms with Crippen molar-refractivity contribution >= 4 is 68.1 Å². The Morgan fingerprint density at radius 2 is 1.46 bits per heavy atom. The first-order valence-corrected chi connectivity index (χ1v) is 21.5. The monoisotopic (exact) mass is 880 g/mol. The molecule has 7 aromatic rings. The number of urea groups is 3. The summed E-state index contributed by atoms with van der Waals surface area (Å²) in [5, 5.41) is 28.8. The fourth-order valence-corrected chi connectivity index (χ4v) is 8.86. The van der Waals surface area contributed by atoms with Crippen molar-refractivity contribution in [3.05, 3.63) is 148 Å². The molecule has 2 unspecified atom stereocenters. The van der Waals surface area contributed by atoms with E-state index in [1.54, 1.807) is 12.1 Å². The van der Waals surface area contributed by atoms with Gasteiger partial charge in [-0.2, -0.15) is 0 Å². The van der Waals surface area contributed by atoms with Crippen LogP contribution in [-0.2, 0) is 17.0 Å². The predicted octanol–water partition coefficient (Wildman–Crippen LogP) is 8.92. The number of fused-ring (bicyclic) bond motifs is 3. The highest BCUT2D eigenvalue weighted by atomic mass is 32.1. The average Bonchev–Trinajstić information content (AvgIpc) is 3.89. The molecule has 0 radical (unpaired) electrons. The standard InChI is InChI=1S/C22H20N2O3.C13H14N4OS.C11H10N4OS/c1-27-15-24-21(25)23-20-13-12-17(16-8-4-2-5-9-16)14-19(20)22(24,26)18-10-6-3-7-11-18;1-6-9-5-8(11-7(2)19-12(14)17-11)3-4-10(9)16-13(18)15-6;12-10-14-9(5-17-10)6-1-2-8-7(3-6)4-13-11(16)15-8/h2-14,26H,15H2,1H3,(H,23,25);3-6H,1-2H3,(H2,14,17)(H2,15,16,18);1-3,5H,4H2,(H2,12,14)(H2,13,15,16). The van der Waals surface area contributed by atoms with E-state index in [4.69, 9.17) is 16.2 Å². The van der Waals surface area contributed by atoms with Crippen molar-refractivity contribution in [3.8, 4) is 33.6 Å². The third kappa shape index (κ3) is 8.89. The van der Waals surface area contributed by atoms with Crippen LogP contribution in [0.4, 0.5) is 41.7 Å². The second-order valence-electron chi connectivity index (χ2n) is 14.8. The lowest BCUT2D eigenvalue weighted by molar-refractivity contribution is -0.0937. The van der Waals surface area contributed by atoms with Gasteiger partial charge in [-0.3, -0.25) is 4.90 Å². The number of aryl methyl sites for hydroxylation is 1. The minimum atomic E-state index is -1.64. The molecule has 0 bridgehead atoms. The maximum atomic E-state index is 12.7. The molecular formula is C46H44N10O5S2. The molecule has 2 aromatic heterocycles. The van der Waals surface area contributed by atoms with E-state index in [0.29, 0.717) is 33.6 Å². The van der Waals surface area contributed by atoms with Crippen LogP contribution in [0.1, 0.15) is 40.1 Å². The van der Waals surface area contributed by atoms with Crippen LogP contribution in [0.5, 0.6) is 0 Å². The van der Waals surface area contributed by atoms with Crippen molar-refractivity contribution in [1.29, 1.82) is 0 Å². The van der Waals surface area contributed by atoms with Crippen LogP contribution >= 0.6 is 22.7 Å². The zero-order valence-corrected chi connectivity index (χ0v) is 36.1. The van der Waals surface area contributed by atoms with Crippen molar-refractivity contribution in [2.75, 3.05) is 41.3 Å². The van der Waals surface area contributed by atoms with Gasteiger partial charge in [0.15, 0.2) is 16.0 Å². The Hall–Kier alpha value is -7.31. The molecule has 5 heterocycles. The van der Waals surface area contributed by atoms with E-state index in [0.717, 1.165) is 61.0 Å². The molecule has 0 saturated heterocycles. The highest BCUT2D eigenvalue weighted by Crippen LogP contribution is 2.43. The second-order valence-corrected chi connectivity index (χ2v) is 16.9. The molecule has 0 fully saturated rings. The maximum absolute atomic E-state index is 12.7. The van der Waals surface area contributed by atoms with Crippen LogP contribution in [0.3, 0.4) is 0 Å². The van der Waals surface area contributed by atoms with Gasteiger partial charge in [0, 0.05) is 57.5 Å². The largest absolute Gasteiger partial charge is 0.375 e. The topological polar surface area (TPSA) is 222 Å². The molecule has 2 atom stereocenters. The summed E-state index contributed by atoms with van der Waals surface area (Å²) in [5.74, 6) is 0. The number of nitrogens with one attached hydrogen (secondary N) is 5. The molecule has 3 aliphatic heterocycles. The van der Waals surface area contributed by atoms with Crippen molar-refractivity contribution in [2.24, 2.45) is 0 Å². The van der Waals surface area contributed by atoms with Crippen LogP contribution in [0.15, 0.2) is 121 Å². The molecule has 10 N–H and O–H groups in total. The van der Waals surface area contributed by atoms with E-state index >= 15 is 0 Å². The minimum Gasteiger partial charge on any atom is -0.375 e. The van der Waals surface area contributed by atoms with Crippen molar-refractivity contribution in [2.45, 2.75) is 32.2 Å². The van der Waals surface area contributed by atoms with Gasteiger partial charge in [0.25, 0.3) is 0 Å². The number of nitrogen functional groups attached to an aromatic ring is 2. The number of nitrogens with zero attached hydrogens (tertiary/aromatic N) is 3. The quantitative estimate of drug-likeness (QED) is 0.0798. The molecule has 0 aliphatic carbocycles. The summed E-state index contributed by atoms with van der Waals surface area (Å²) >= 11 is 2.90. The maximum Gasteiger partial charge on any atom is 0.326 e. The van der Waals surface area contributed by atoms with Gasteiger partial charge in [-0.15, -0.1) is 22.7 Å². The second kappa shape index (κ2) is 18.0. The molecule has 5 aromatic carbocycles. The summed E-state index contributed by atoms with van der Waals surface area (Å²) in [6, 6.07) is 35.8. The number of hydrogen-bond acceptors (Lipinski definition) is 11. The van der Waals surface area contributed by atoms with Crippen LogP contribution in [0.25, 0.3) is 33.6 Å². The molecule has 0 saturated carbocycles. The van der Waals surface area contributed by atoms with Gasteiger partial charge in [-0.25, -0.2) is 24.4 Å². The Morgan fingerprint density at radius 1 is 0.778 bits per heavy atom. The summed E-state index contributed by atoms with van der Waals surface area (Å²) in [6.45, 7) is 4.46. The van der Waals surface area contributed by atoms with Crippen molar-refractivity contribution in [1.82, 2.24) is 25.5 Å². The first kappa shape index (κ1) is 42.4. The van der Waals surface area contributed by atoms with Crippen LogP contribution in [0.2, 0.25) is 0 Å². The van der Waals surface area contributed by atoms with Crippen molar-refractivity contribution < 1.29 is 24.2 Å². The molecule has 63 heavy (non-hydrogen) atoms. The summed E-state index contributed by atoms with van der Waals surface area (Å²) in [6.07, 6.45) is 0. The fraction of sp³-hybridized carbons (Fsp3) is 0.152. The molecule has 15 nitrogen and oxygen atoms in total.